The van der Waals surface area contributed by atoms with Crippen LogP contribution in [0, 0.1) is 23.2 Å². The Morgan fingerprint density at radius 1 is 1.26 bits per heavy atom. The first kappa shape index (κ1) is 24.9. The molecule has 1 aromatic heterocycles. The number of Topliss-reactive ketones (excluding diaryl/α,β-unsaturated/α-hetero) is 1. The highest BCUT2D eigenvalue weighted by molar-refractivity contribution is 6.02. The third kappa shape index (κ3) is 4.24. The van der Waals surface area contributed by atoms with Gasteiger partial charge in [0.15, 0.2) is 5.78 Å². The first-order valence-electron chi connectivity index (χ1n) is 13.5. The third-order valence-electron chi connectivity index (χ3n) is 9.25. The number of fused-ring (bicyclic) bond motifs is 2. The fourth-order valence-corrected chi connectivity index (χ4v) is 7.12. The Kier molecular flexibility index (Phi) is 6.17. The molecule has 5 unspecified atom stereocenters. The first-order chi connectivity index (χ1) is 18.3. The molecule has 4 fully saturated rings. The molecule has 3 heterocycles. The number of methoxy groups -OCH3 is 1. The summed E-state index contributed by atoms with van der Waals surface area (Å²) in [6, 6.07) is 5.62. The summed E-state index contributed by atoms with van der Waals surface area (Å²) in [6.07, 6.45) is 4.93. The van der Waals surface area contributed by atoms with Gasteiger partial charge in [0.2, 0.25) is 11.8 Å². The lowest BCUT2D eigenvalue weighted by molar-refractivity contribution is -0.133. The van der Waals surface area contributed by atoms with Crippen LogP contribution in [0.1, 0.15) is 49.0 Å². The SMILES string of the molecule is COc1cccc2[nH]c(C(=O)N3CC4CC5(CC5)CC4C3C(=O)NC(CC3CCNC3=O)C(=O)CO)cc12. The number of carbonyl (C=O) groups is 4. The number of carbonyl (C=O) groups excluding carboxylic acids is 4. The summed E-state index contributed by atoms with van der Waals surface area (Å²) < 4.78 is 5.44. The number of benzene rings is 1. The summed E-state index contributed by atoms with van der Waals surface area (Å²) in [5.41, 5.74) is 1.45. The number of amides is 3. The number of ether oxygens (including phenoxy) is 1. The topological polar surface area (TPSA) is 141 Å². The Bertz CT molecular complexity index is 1300. The van der Waals surface area contributed by atoms with Crippen molar-refractivity contribution in [3.8, 4) is 5.75 Å². The molecule has 2 aliphatic heterocycles. The van der Waals surface area contributed by atoms with Crippen LogP contribution in [0.5, 0.6) is 5.75 Å². The fraction of sp³-hybridized carbons (Fsp3) is 0.571. The molecule has 38 heavy (non-hydrogen) atoms. The Morgan fingerprint density at radius 3 is 2.76 bits per heavy atom. The van der Waals surface area contributed by atoms with Crippen LogP contribution in [0.25, 0.3) is 10.9 Å². The van der Waals surface area contributed by atoms with Gasteiger partial charge in [0.05, 0.1) is 13.2 Å². The molecule has 10 heteroatoms. The van der Waals surface area contributed by atoms with E-state index in [-0.39, 0.29) is 36.0 Å². The van der Waals surface area contributed by atoms with Gasteiger partial charge in [0.1, 0.15) is 24.1 Å². The summed E-state index contributed by atoms with van der Waals surface area (Å²) in [5.74, 6) is -0.824. The van der Waals surface area contributed by atoms with Crippen LogP contribution in [0.15, 0.2) is 24.3 Å². The van der Waals surface area contributed by atoms with Gasteiger partial charge in [0.25, 0.3) is 5.91 Å². The summed E-state index contributed by atoms with van der Waals surface area (Å²) in [4.78, 5) is 57.3. The maximum atomic E-state index is 13.9. The van der Waals surface area contributed by atoms with Crippen molar-refractivity contribution in [1.82, 2.24) is 20.5 Å². The summed E-state index contributed by atoms with van der Waals surface area (Å²) in [7, 11) is 1.58. The molecule has 2 aromatic rings. The van der Waals surface area contributed by atoms with Crippen molar-refractivity contribution >= 4 is 34.4 Å². The number of likely N-dealkylation sites (tertiary alicyclic amines) is 1. The van der Waals surface area contributed by atoms with Gasteiger partial charge in [-0.25, -0.2) is 0 Å². The highest BCUT2D eigenvalue weighted by Gasteiger charge is 2.60. The molecule has 10 nitrogen and oxygen atoms in total. The molecule has 3 amide bonds. The predicted octanol–water partition coefficient (Wildman–Crippen LogP) is 1.38. The maximum absolute atomic E-state index is 13.9. The summed E-state index contributed by atoms with van der Waals surface area (Å²) in [6.45, 7) is 0.293. The van der Waals surface area contributed by atoms with E-state index in [2.05, 4.69) is 15.6 Å². The normalized spacial score (nSPS) is 27.8. The van der Waals surface area contributed by atoms with E-state index in [1.165, 1.54) is 0 Å². The molecule has 0 bridgehead atoms. The second-order valence-corrected chi connectivity index (χ2v) is 11.5. The zero-order valence-electron chi connectivity index (χ0n) is 21.5. The average molecular weight is 523 g/mol. The summed E-state index contributed by atoms with van der Waals surface area (Å²) >= 11 is 0. The molecular weight excluding hydrogens is 488 g/mol. The number of aliphatic hydroxyl groups is 1. The zero-order valence-corrected chi connectivity index (χ0v) is 21.5. The van der Waals surface area contributed by atoms with Crippen LogP contribution in [-0.2, 0) is 14.4 Å². The fourth-order valence-electron chi connectivity index (χ4n) is 7.12. The van der Waals surface area contributed by atoms with E-state index in [0.29, 0.717) is 36.4 Å². The van der Waals surface area contributed by atoms with Crippen molar-refractivity contribution in [1.29, 1.82) is 0 Å². The van der Waals surface area contributed by atoms with E-state index < -0.39 is 30.4 Å². The monoisotopic (exact) mass is 522 g/mol. The van der Waals surface area contributed by atoms with Gasteiger partial charge in [-0.15, -0.1) is 0 Å². The molecule has 1 aromatic carbocycles. The van der Waals surface area contributed by atoms with Crippen LogP contribution >= 0.6 is 0 Å². The highest BCUT2D eigenvalue weighted by atomic mass is 16.5. The Hall–Kier alpha value is -3.40. The lowest BCUT2D eigenvalue weighted by atomic mass is 9.91. The van der Waals surface area contributed by atoms with E-state index in [1.807, 2.05) is 18.2 Å². The number of aromatic nitrogens is 1. The van der Waals surface area contributed by atoms with Crippen molar-refractivity contribution in [2.45, 2.75) is 50.6 Å². The number of hydrogen-bond acceptors (Lipinski definition) is 6. The molecule has 6 rings (SSSR count). The number of hydrogen-bond donors (Lipinski definition) is 4. The van der Waals surface area contributed by atoms with Crippen LogP contribution in [0.2, 0.25) is 0 Å². The molecule has 2 saturated heterocycles. The number of aromatic amines is 1. The molecule has 4 N–H and O–H groups in total. The third-order valence-corrected chi connectivity index (χ3v) is 9.25. The molecule has 4 aliphatic rings. The Morgan fingerprint density at radius 2 is 2.08 bits per heavy atom. The lowest BCUT2D eigenvalue weighted by Gasteiger charge is -2.29. The number of nitrogens with one attached hydrogen (secondary N) is 3. The lowest BCUT2D eigenvalue weighted by Crippen LogP contribution is -2.53. The molecule has 1 spiro atoms. The van der Waals surface area contributed by atoms with Crippen LogP contribution in [0.3, 0.4) is 0 Å². The smallest absolute Gasteiger partial charge is 0.271 e. The molecule has 202 valence electrons. The minimum atomic E-state index is -0.981. The summed E-state index contributed by atoms with van der Waals surface area (Å²) in [5, 5.41) is 16.0. The maximum Gasteiger partial charge on any atom is 0.271 e. The van der Waals surface area contributed by atoms with Gasteiger partial charge in [-0.1, -0.05) is 6.07 Å². The highest BCUT2D eigenvalue weighted by Crippen LogP contribution is 2.64. The average Bonchev–Trinajstić information content (AvgIpc) is 3.24. The number of ketones is 1. The standard InChI is InChI=1S/C28H34N4O6/c1-38-23-4-2-3-19-17(23)10-21(30-19)27(37)32-13-16-11-28(6-7-28)12-18(16)24(32)26(36)31-20(22(34)14-33)9-15-5-8-29-25(15)35/h2-4,10,15-16,18,20,24,30,33H,5-9,11-14H2,1H3,(H,29,35)(H,31,36). The van der Waals surface area contributed by atoms with Crippen LogP contribution in [0.4, 0.5) is 0 Å². The number of nitrogens with zero attached hydrogens (tertiary/aromatic N) is 1. The Balaban J connectivity index is 1.27. The molecule has 2 aliphatic carbocycles. The zero-order chi connectivity index (χ0) is 26.6. The predicted molar refractivity (Wildman–Crippen MR) is 137 cm³/mol. The van der Waals surface area contributed by atoms with Crippen LogP contribution in [-0.4, -0.2) is 77.4 Å². The minimum absolute atomic E-state index is 0.0139. The Labute approximate surface area is 220 Å². The second kappa shape index (κ2) is 9.41. The van der Waals surface area contributed by atoms with Crippen molar-refractivity contribution in [3.63, 3.8) is 0 Å². The van der Waals surface area contributed by atoms with Gasteiger partial charge in [-0.2, -0.15) is 0 Å². The van der Waals surface area contributed by atoms with Crippen molar-refractivity contribution in [2.24, 2.45) is 23.2 Å². The second-order valence-electron chi connectivity index (χ2n) is 11.5. The molecule has 2 saturated carbocycles. The van der Waals surface area contributed by atoms with Gasteiger partial charge in [-0.05, 0) is 74.0 Å². The number of rotatable bonds is 8. The van der Waals surface area contributed by atoms with Gasteiger partial charge >= 0.3 is 0 Å². The van der Waals surface area contributed by atoms with Crippen molar-refractivity contribution < 1.29 is 29.0 Å². The van der Waals surface area contributed by atoms with E-state index in [1.54, 1.807) is 18.1 Å². The van der Waals surface area contributed by atoms with Gasteiger partial charge in [-0.3, -0.25) is 19.2 Å². The molecule has 5 atom stereocenters. The van der Waals surface area contributed by atoms with Gasteiger partial charge in [0, 0.05) is 29.9 Å². The quantitative estimate of drug-likeness (QED) is 0.413. The van der Waals surface area contributed by atoms with Crippen molar-refractivity contribution in [2.75, 3.05) is 26.8 Å². The number of H-pyrrole nitrogens is 1. The molecular formula is C28H34N4O6. The van der Waals surface area contributed by atoms with E-state index in [4.69, 9.17) is 4.74 Å². The largest absolute Gasteiger partial charge is 0.496 e. The first-order valence-corrected chi connectivity index (χ1v) is 13.5. The van der Waals surface area contributed by atoms with Gasteiger partial charge < -0.3 is 30.4 Å². The number of aliphatic hydroxyl groups excluding tert-OH is 1. The molecule has 0 radical (unpaired) electrons. The van der Waals surface area contributed by atoms with Crippen molar-refractivity contribution in [3.05, 3.63) is 30.0 Å². The van der Waals surface area contributed by atoms with E-state index >= 15 is 0 Å². The van der Waals surface area contributed by atoms with Crippen LogP contribution < -0.4 is 15.4 Å². The van der Waals surface area contributed by atoms with E-state index in [0.717, 1.165) is 36.6 Å². The van der Waals surface area contributed by atoms with E-state index in [9.17, 15) is 24.3 Å². The minimum Gasteiger partial charge on any atom is -0.496 e.